The highest BCUT2D eigenvalue weighted by molar-refractivity contribution is 7.89. The topological polar surface area (TPSA) is 115 Å². The van der Waals surface area contributed by atoms with E-state index in [1.165, 1.54) is 6.07 Å². The van der Waals surface area contributed by atoms with Gasteiger partial charge in [0.15, 0.2) is 0 Å². The van der Waals surface area contributed by atoms with Crippen molar-refractivity contribution < 1.29 is 13.3 Å². The Morgan fingerprint density at radius 1 is 1.47 bits per heavy atom. The lowest BCUT2D eigenvalue weighted by Gasteiger charge is -2.07. The zero-order valence-electron chi connectivity index (χ0n) is 9.21. The summed E-state index contributed by atoms with van der Waals surface area (Å²) in [6.07, 6.45) is 0. The van der Waals surface area contributed by atoms with E-state index in [1.807, 2.05) is 0 Å². The van der Waals surface area contributed by atoms with E-state index in [2.05, 4.69) is 5.32 Å². The lowest BCUT2D eigenvalue weighted by atomic mass is 10.2. The molecule has 0 aliphatic rings. The number of aryl methyl sites for hydroxylation is 1. The van der Waals surface area contributed by atoms with E-state index in [-0.39, 0.29) is 18.0 Å². The minimum Gasteiger partial charge on any atom is -0.378 e. The first kappa shape index (κ1) is 13.4. The van der Waals surface area contributed by atoms with Crippen molar-refractivity contribution in [3.8, 4) is 0 Å². The maximum Gasteiger partial charge on any atom is 0.292 e. The summed E-state index contributed by atoms with van der Waals surface area (Å²) in [6, 6.07) is 4.57. The molecule has 7 nitrogen and oxygen atoms in total. The summed E-state index contributed by atoms with van der Waals surface area (Å²) < 4.78 is 21.4. The van der Waals surface area contributed by atoms with Gasteiger partial charge >= 0.3 is 0 Å². The number of nitrogens with zero attached hydrogens (tertiary/aromatic N) is 1. The second-order valence-electron chi connectivity index (χ2n) is 3.57. The van der Waals surface area contributed by atoms with Crippen LogP contribution >= 0.6 is 0 Å². The molecule has 0 aromatic heterocycles. The second kappa shape index (κ2) is 5.11. The average Bonchev–Trinajstić information content (AvgIpc) is 2.15. The molecule has 1 rings (SSSR count). The van der Waals surface area contributed by atoms with Crippen LogP contribution in [0.4, 0.5) is 11.4 Å². The van der Waals surface area contributed by atoms with E-state index in [1.54, 1.807) is 19.1 Å². The van der Waals surface area contributed by atoms with Crippen LogP contribution in [0.3, 0.4) is 0 Å². The lowest BCUT2D eigenvalue weighted by molar-refractivity contribution is -0.384. The Balaban J connectivity index is 2.82. The normalized spacial score (nSPS) is 11.2. The van der Waals surface area contributed by atoms with Crippen molar-refractivity contribution >= 4 is 21.4 Å². The van der Waals surface area contributed by atoms with Crippen molar-refractivity contribution in [1.82, 2.24) is 0 Å². The van der Waals surface area contributed by atoms with E-state index < -0.39 is 14.9 Å². The van der Waals surface area contributed by atoms with E-state index in [9.17, 15) is 18.5 Å². The average molecular weight is 259 g/mol. The zero-order chi connectivity index (χ0) is 13.1. The third-order valence-corrected chi connectivity index (χ3v) is 2.82. The summed E-state index contributed by atoms with van der Waals surface area (Å²) in [5.74, 6) is -0.280. The molecule has 0 saturated carbocycles. The lowest BCUT2D eigenvalue weighted by Crippen LogP contribution is -2.22. The minimum atomic E-state index is -3.57. The molecular weight excluding hydrogens is 246 g/mol. The fraction of sp³-hybridized carbons (Fsp3) is 0.333. The number of hydrogen-bond donors (Lipinski definition) is 2. The molecule has 0 bridgehead atoms. The number of hydrogen-bond acceptors (Lipinski definition) is 5. The number of anilines is 1. The molecule has 0 atom stereocenters. The first-order valence-electron chi connectivity index (χ1n) is 4.79. The van der Waals surface area contributed by atoms with Crippen molar-refractivity contribution in [1.29, 1.82) is 0 Å². The zero-order valence-corrected chi connectivity index (χ0v) is 10.0. The Morgan fingerprint density at radius 2 is 2.12 bits per heavy atom. The van der Waals surface area contributed by atoms with Gasteiger partial charge in [-0.15, -0.1) is 0 Å². The maximum absolute atomic E-state index is 10.7. The van der Waals surface area contributed by atoms with Gasteiger partial charge in [-0.1, -0.05) is 6.07 Å². The van der Waals surface area contributed by atoms with E-state index in [4.69, 9.17) is 5.14 Å². The summed E-state index contributed by atoms with van der Waals surface area (Å²) in [7, 11) is -3.57. The van der Waals surface area contributed by atoms with Gasteiger partial charge in [0.2, 0.25) is 10.0 Å². The molecule has 0 heterocycles. The number of nitro groups is 1. The summed E-state index contributed by atoms with van der Waals surface area (Å²) in [5.41, 5.74) is 1.04. The number of nitrogens with one attached hydrogen (secondary N) is 1. The molecule has 0 amide bonds. The molecule has 0 unspecified atom stereocenters. The molecule has 0 aliphatic heterocycles. The highest BCUT2D eigenvalue weighted by Crippen LogP contribution is 2.24. The molecule has 17 heavy (non-hydrogen) atoms. The van der Waals surface area contributed by atoms with E-state index >= 15 is 0 Å². The Morgan fingerprint density at radius 3 is 2.65 bits per heavy atom. The summed E-state index contributed by atoms with van der Waals surface area (Å²) in [5, 5.41) is 18.2. The van der Waals surface area contributed by atoms with Gasteiger partial charge in [0, 0.05) is 12.6 Å². The molecule has 3 N–H and O–H groups in total. The maximum atomic E-state index is 10.7. The van der Waals surface area contributed by atoms with Crippen molar-refractivity contribution in [3.05, 3.63) is 33.9 Å². The molecule has 1 aromatic carbocycles. The number of sulfonamides is 1. The first-order chi connectivity index (χ1) is 7.79. The van der Waals surface area contributed by atoms with Gasteiger partial charge in [-0.3, -0.25) is 10.1 Å². The van der Waals surface area contributed by atoms with Gasteiger partial charge in [0.05, 0.1) is 10.7 Å². The Bertz CT molecular complexity index is 527. The van der Waals surface area contributed by atoms with Crippen LogP contribution in [0.5, 0.6) is 0 Å². The van der Waals surface area contributed by atoms with Crippen molar-refractivity contribution in [2.24, 2.45) is 5.14 Å². The van der Waals surface area contributed by atoms with Crippen molar-refractivity contribution in [2.75, 3.05) is 17.6 Å². The fourth-order valence-electron chi connectivity index (χ4n) is 1.28. The predicted octanol–water partition coefficient (Wildman–Crippen LogP) is 0.604. The highest BCUT2D eigenvalue weighted by atomic mass is 32.2. The fourth-order valence-corrected chi connectivity index (χ4v) is 1.67. The van der Waals surface area contributed by atoms with Gasteiger partial charge in [-0.25, -0.2) is 13.6 Å². The molecule has 0 fully saturated rings. The quantitative estimate of drug-likeness (QED) is 0.593. The van der Waals surface area contributed by atoms with Crippen LogP contribution in [0.1, 0.15) is 5.56 Å². The largest absolute Gasteiger partial charge is 0.378 e. The summed E-state index contributed by atoms with van der Waals surface area (Å²) in [4.78, 5) is 10.2. The standard InChI is InChI=1S/C9H13N3O4S/c1-7-2-3-9(12(13)14)8(6-7)11-4-5-17(10,15)16/h2-3,6,11H,4-5H2,1H3,(H2,10,15,16). The molecule has 0 spiro atoms. The Labute approximate surface area is 98.8 Å². The SMILES string of the molecule is Cc1ccc([N+](=O)[O-])c(NCCS(N)(=O)=O)c1. The molecular formula is C9H13N3O4S. The molecule has 0 saturated heterocycles. The predicted molar refractivity (Wildman–Crippen MR) is 64.3 cm³/mol. The number of primary sulfonamides is 1. The van der Waals surface area contributed by atoms with Crippen LogP contribution in [-0.2, 0) is 10.0 Å². The number of benzene rings is 1. The molecule has 94 valence electrons. The van der Waals surface area contributed by atoms with Gasteiger partial charge in [0.25, 0.3) is 5.69 Å². The van der Waals surface area contributed by atoms with Crippen LogP contribution in [0.2, 0.25) is 0 Å². The second-order valence-corrected chi connectivity index (χ2v) is 5.31. The molecule has 8 heteroatoms. The number of rotatable bonds is 5. The molecule has 0 aliphatic carbocycles. The van der Waals surface area contributed by atoms with Crippen molar-refractivity contribution in [3.63, 3.8) is 0 Å². The van der Waals surface area contributed by atoms with E-state index in [0.29, 0.717) is 5.69 Å². The molecule has 1 aromatic rings. The first-order valence-corrected chi connectivity index (χ1v) is 6.50. The van der Waals surface area contributed by atoms with Crippen LogP contribution in [0.15, 0.2) is 18.2 Å². The van der Waals surface area contributed by atoms with Gasteiger partial charge in [-0.05, 0) is 18.6 Å². The summed E-state index contributed by atoms with van der Waals surface area (Å²) >= 11 is 0. The Hall–Kier alpha value is -1.67. The number of nitro benzene ring substituents is 1. The van der Waals surface area contributed by atoms with Gasteiger partial charge in [0.1, 0.15) is 5.69 Å². The van der Waals surface area contributed by atoms with Crippen LogP contribution in [-0.4, -0.2) is 25.6 Å². The third-order valence-electron chi connectivity index (χ3n) is 2.05. The van der Waals surface area contributed by atoms with Gasteiger partial charge < -0.3 is 5.32 Å². The molecule has 0 radical (unpaired) electrons. The highest BCUT2D eigenvalue weighted by Gasteiger charge is 2.13. The van der Waals surface area contributed by atoms with Crippen LogP contribution < -0.4 is 10.5 Å². The monoisotopic (exact) mass is 259 g/mol. The number of nitrogens with two attached hydrogens (primary N) is 1. The van der Waals surface area contributed by atoms with Gasteiger partial charge in [-0.2, -0.15) is 0 Å². The third kappa shape index (κ3) is 4.37. The van der Waals surface area contributed by atoms with E-state index in [0.717, 1.165) is 5.56 Å². The Kier molecular flexibility index (Phi) is 4.02. The van der Waals surface area contributed by atoms with Crippen molar-refractivity contribution in [2.45, 2.75) is 6.92 Å². The minimum absolute atomic E-state index is 0.0309. The smallest absolute Gasteiger partial charge is 0.292 e. The summed E-state index contributed by atoms with van der Waals surface area (Å²) in [6.45, 7) is 1.82. The van der Waals surface area contributed by atoms with Crippen LogP contribution in [0, 0.1) is 17.0 Å². The van der Waals surface area contributed by atoms with Crippen LogP contribution in [0.25, 0.3) is 0 Å².